The highest BCUT2D eigenvalue weighted by Crippen LogP contribution is 2.39. The fourth-order valence-electron chi connectivity index (χ4n) is 4.74. The maximum atomic E-state index is 12.9. The molecule has 0 bridgehead atoms. The highest BCUT2D eigenvalue weighted by Gasteiger charge is 2.18. The number of benzene rings is 4. The van der Waals surface area contributed by atoms with E-state index in [1.807, 2.05) is 95.6 Å². The van der Waals surface area contributed by atoms with Crippen molar-refractivity contribution < 1.29 is 9.90 Å². The van der Waals surface area contributed by atoms with Crippen molar-refractivity contribution in [3.8, 4) is 5.88 Å². The van der Waals surface area contributed by atoms with Gasteiger partial charge < -0.3 is 14.2 Å². The number of hydrogen-bond donors (Lipinski definition) is 1. The van der Waals surface area contributed by atoms with E-state index in [0.717, 1.165) is 38.3 Å². The van der Waals surface area contributed by atoms with Gasteiger partial charge in [-0.25, -0.2) is 0 Å². The molecule has 0 aliphatic rings. The molecule has 1 N–H and O–H groups in total. The summed E-state index contributed by atoms with van der Waals surface area (Å²) in [7, 11) is 0. The van der Waals surface area contributed by atoms with E-state index in [4.69, 9.17) is 0 Å². The number of hydrogen-bond acceptors (Lipinski definition) is 3. The molecule has 2 aromatic heterocycles. The minimum Gasteiger partial charge on any atom is -0.493 e. The molecular weight excluding hydrogens is 436 g/mol. The number of aromatic nitrogens is 2. The van der Waals surface area contributed by atoms with Crippen molar-refractivity contribution in [1.29, 1.82) is 0 Å². The fourth-order valence-corrected chi connectivity index (χ4v) is 4.74. The molecule has 0 saturated carbocycles. The van der Waals surface area contributed by atoms with Crippen LogP contribution in [0.2, 0.25) is 0 Å². The number of carbonyl (C=O) groups excluding carboxylic acids is 1. The zero-order chi connectivity index (χ0) is 23.8. The first-order valence-corrected chi connectivity index (χ1v) is 11.5. The van der Waals surface area contributed by atoms with E-state index in [0.29, 0.717) is 12.2 Å². The molecule has 170 valence electrons. The maximum absolute atomic E-state index is 12.9. The lowest BCUT2D eigenvalue weighted by Crippen LogP contribution is -2.06. The summed E-state index contributed by atoms with van der Waals surface area (Å²) in [6, 6.07) is 33.5. The van der Waals surface area contributed by atoms with Crippen LogP contribution >= 0.6 is 0 Å². The van der Waals surface area contributed by atoms with Gasteiger partial charge in [0.2, 0.25) is 5.88 Å². The van der Waals surface area contributed by atoms with Crippen LogP contribution in [0.3, 0.4) is 0 Å². The summed E-state index contributed by atoms with van der Waals surface area (Å²) < 4.78 is 3.75. The molecule has 0 aliphatic heterocycles. The van der Waals surface area contributed by atoms with Gasteiger partial charge >= 0.3 is 0 Å². The third kappa shape index (κ3) is 3.65. The van der Waals surface area contributed by atoms with Gasteiger partial charge in [0.05, 0.1) is 12.1 Å². The Bertz CT molecular complexity index is 1670. The van der Waals surface area contributed by atoms with E-state index < -0.39 is 5.91 Å². The summed E-state index contributed by atoms with van der Waals surface area (Å²) in [5, 5.41) is 22.2. The van der Waals surface area contributed by atoms with Gasteiger partial charge in [-0.05, 0) is 23.8 Å². The number of fused-ring (bicyclic) bond motifs is 4. The zero-order valence-corrected chi connectivity index (χ0v) is 18.9. The largest absolute Gasteiger partial charge is 0.493 e. The molecule has 6 aromatic rings. The van der Waals surface area contributed by atoms with E-state index in [9.17, 15) is 9.90 Å². The molecule has 0 fully saturated rings. The lowest BCUT2D eigenvalue weighted by Gasteiger charge is -2.07. The van der Waals surface area contributed by atoms with Crippen LogP contribution in [0.4, 0.5) is 5.69 Å². The monoisotopic (exact) mass is 458 g/mol. The maximum Gasteiger partial charge on any atom is 0.284 e. The van der Waals surface area contributed by atoms with Crippen molar-refractivity contribution in [3.05, 3.63) is 109 Å². The Morgan fingerprint density at radius 3 is 1.80 bits per heavy atom. The number of azo groups is 1. The van der Waals surface area contributed by atoms with Crippen LogP contribution < -0.4 is 0 Å². The van der Waals surface area contributed by atoms with Gasteiger partial charge in [0.15, 0.2) is 5.69 Å². The van der Waals surface area contributed by atoms with Gasteiger partial charge in [-0.3, -0.25) is 4.79 Å². The molecule has 2 heterocycles. The highest BCUT2D eigenvalue weighted by atomic mass is 16.3. The molecular formula is C29H22N4O2. The molecule has 1 amide bonds. The van der Waals surface area contributed by atoms with Gasteiger partial charge in [0.1, 0.15) is 6.54 Å². The van der Waals surface area contributed by atoms with E-state index >= 15 is 0 Å². The molecule has 0 radical (unpaired) electrons. The van der Waals surface area contributed by atoms with E-state index in [-0.39, 0.29) is 12.4 Å². The van der Waals surface area contributed by atoms with Gasteiger partial charge in [0, 0.05) is 27.2 Å². The second-order valence-electron chi connectivity index (χ2n) is 8.48. The minimum absolute atomic E-state index is 0.0107. The lowest BCUT2D eigenvalue weighted by molar-refractivity contribution is -0.118. The van der Waals surface area contributed by atoms with Crippen molar-refractivity contribution in [2.75, 3.05) is 0 Å². The molecule has 0 unspecified atom stereocenters. The molecule has 6 nitrogen and oxygen atoms in total. The average molecular weight is 459 g/mol. The lowest BCUT2D eigenvalue weighted by atomic mass is 10.2. The quantitative estimate of drug-likeness (QED) is 0.288. The predicted octanol–water partition coefficient (Wildman–Crippen LogP) is 6.81. The number of nitrogens with zero attached hydrogens (tertiary/aromatic N) is 4. The first-order valence-electron chi connectivity index (χ1n) is 11.5. The van der Waals surface area contributed by atoms with Crippen LogP contribution in [0.15, 0.2) is 113 Å². The number of carbonyl (C=O) groups is 1. The Morgan fingerprint density at radius 2 is 1.17 bits per heavy atom. The number of rotatable bonds is 5. The topological polar surface area (TPSA) is 71.9 Å². The van der Waals surface area contributed by atoms with E-state index in [1.54, 1.807) is 4.57 Å². The van der Waals surface area contributed by atoms with Crippen molar-refractivity contribution in [3.63, 3.8) is 0 Å². The average Bonchev–Trinajstić information content (AvgIpc) is 3.35. The Balaban J connectivity index is 1.35. The summed E-state index contributed by atoms with van der Waals surface area (Å²) in [6.07, 6.45) is 0. The first-order chi connectivity index (χ1) is 17.2. The summed E-state index contributed by atoms with van der Waals surface area (Å²) in [5.74, 6) is -0.403. The van der Waals surface area contributed by atoms with Crippen molar-refractivity contribution in [2.45, 2.75) is 13.1 Å². The van der Waals surface area contributed by atoms with Gasteiger partial charge in [-0.2, -0.15) is 0 Å². The Morgan fingerprint density at radius 1 is 0.657 bits per heavy atom. The Kier molecular flexibility index (Phi) is 5.11. The number of aromatic hydroxyl groups is 1. The molecule has 6 rings (SSSR count). The second kappa shape index (κ2) is 8.57. The first kappa shape index (κ1) is 20.9. The fraction of sp³-hybridized carbons (Fsp3) is 0.0690. The van der Waals surface area contributed by atoms with Gasteiger partial charge in [0.25, 0.3) is 5.91 Å². The second-order valence-corrected chi connectivity index (χ2v) is 8.48. The standard InChI is InChI=1S/C29H22N4O2/c34-27(19-32-24-15-7-4-12-21(24)22-13-5-8-16-25(22)32)30-31-28-23-14-6-9-17-26(23)33(29(28)35)18-20-10-2-1-3-11-20/h1-17,35H,18-19H2. The molecule has 0 aliphatic carbocycles. The SMILES string of the molecule is O=C(Cn1c2ccccc2c2ccccc21)N=Nc1c(O)n(Cc2ccccc2)c2ccccc12. The van der Waals surface area contributed by atoms with Crippen LogP contribution in [-0.2, 0) is 17.9 Å². The number of para-hydroxylation sites is 3. The van der Waals surface area contributed by atoms with Crippen molar-refractivity contribution >= 4 is 44.3 Å². The molecule has 0 saturated heterocycles. The van der Waals surface area contributed by atoms with Crippen LogP contribution in [0.5, 0.6) is 5.88 Å². The van der Waals surface area contributed by atoms with Crippen molar-refractivity contribution in [2.24, 2.45) is 10.2 Å². The zero-order valence-electron chi connectivity index (χ0n) is 18.9. The highest BCUT2D eigenvalue weighted by molar-refractivity contribution is 6.08. The predicted molar refractivity (Wildman–Crippen MR) is 138 cm³/mol. The summed E-state index contributed by atoms with van der Waals surface area (Å²) in [5.41, 5.74) is 4.12. The van der Waals surface area contributed by atoms with Gasteiger partial charge in [-0.15, -0.1) is 10.2 Å². The summed E-state index contributed by atoms with van der Waals surface area (Å²) in [4.78, 5) is 12.9. The third-order valence-corrected chi connectivity index (χ3v) is 6.34. The minimum atomic E-state index is -0.393. The Labute approximate surface area is 201 Å². The van der Waals surface area contributed by atoms with E-state index in [2.05, 4.69) is 22.4 Å². The smallest absolute Gasteiger partial charge is 0.284 e. The molecule has 6 heteroatoms. The Hall–Kier alpha value is -4.71. The van der Waals surface area contributed by atoms with Crippen LogP contribution in [0.25, 0.3) is 32.7 Å². The molecule has 4 aromatic carbocycles. The van der Waals surface area contributed by atoms with Crippen LogP contribution in [0, 0.1) is 0 Å². The van der Waals surface area contributed by atoms with Crippen molar-refractivity contribution in [1.82, 2.24) is 9.13 Å². The molecule has 35 heavy (non-hydrogen) atoms. The van der Waals surface area contributed by atoms with Crippen LogP contribution in [-0.4, -0.2) is 20.1 Å². The van der Waals surface area contributed by atoms with Gasteiger partial charge in [-0.1, -0.05) is 84.9 Å². The number of amides is 1. The molecule has 0 atom stereocenters. The normalized spacial score (nSPS) is 11.8. The summed E-state index contributed by atoms with van der Waals surface area (Å²) >= 11 is 0. The van der Waals surface area contributed by atoms with E-state index in [1.165, 1.54) is 0 Å². The molecule has 0 spiro atoms. The summed E-state index contributed by atoms with van der Waals surface area (Å²) in [6.45, 7) is 0.541. The third-order valence-electron chi connectivity index (χ3n) is 6.34. The van der Waals surface area contributed by atoms with Crippen LogP contribution in [0.1, 0.15) is 5.56 Å².